The van der Waals surface area contributed by atoms with Crippen LogP contribution in [0.5, 0.6) is 5.75 Å². The molecule has 0 bridgehead atoms. The van der Waals surface area contributed by atoms with Crippen LogP contribution in [-0.4, -0.2) is 17.7 Å². The highest BCUT2D eigenvalue weighted by atomic mass is 16.5. The number of ketones is 2. The smallest absolute Gasteiger partial charge is 0.163 e. The molecule has 1 aromatic carbocycles. The molecule has 30 heavy (non-hydrogen) atoms. The molecule has 4 heteroatoms. The Bertz CT molecular complexity index is 985. The van der Waals surface area contributed by atoms with Gasteiger partial charge in [-0.3, -0.25) is 9.59 Å². The van der Waals surface area contributed by atoms with E-state index in [1.807, 2.05) is 12.1 Å². The molecule has 0 saturated carbocycles. The number of carbonyl (C=O) groups excluding carboxylic acids is 2. The third-order valence-corrected chi connectivity index (χ3v) is 6.84. The second kappa shape index (κ2) is 6.32. The highest BCUT2D eigenvalue weighted by Crippen LogP contribution is 2.53. The van der Waals surface area contributed by atoms with Gasteiger partial charge in [-0.2, -0.15) is 0 Å². The molecule has 2 aliphatic carbocycles. The van der Waals surface area contributed by atoms with Crippen molar-refractivity contribution >= 4 is 11.6 Å². The van der Waals surface area contributed by atoms with Crippen molar-refractivity contribution in [2.75, 3.05) is 0 Å². The van der Waals surface area contributed by atoms with Gasteiger partial charge in [-0.1, -0.05) is 39.8 Å². The summed E-state index contributed by atoms with van der Waals surface area (Å²) in [5.74, 6) is 2.36. The first-order chi connectivity index (χ1) is 14.0. The van der Waals surface area contributed by atoms with Crippen LogP contribution in [-0.2, 0) is 20.7 Å². The molecule has 0 saturated heterocycles. The predicted octanol–water partition coefficient (Wildman–Crippen LogP) is 5.41. The van der Waals surface area contributed by atoms with E-state index in [-0.39, 0.29) is 34.4 Å². The molecular weight excluding hydrogens is 376 g/mol. The van der Waals surface area contributed by atoms with Gasteiger partial charge in [0.2, 0.25) is 0 Å². The summed E-state index contributed by atoms with van der Waals surface area (Å²) in [4.78, 5) is 26.7. The van der Waals surface area contributed by atoms with Crippen LogP contribution >= 0.6 is 0 Å². The van der Waals surface area contributed by atoms with Crippen LogP contribution < -0.4 is 4.74 Å². The molecule has 0 unspecified atom stereocenters. The van der Waals surface area contributed by atoms with Gasteiger partial charge in [0.25, 0.3) is 0 Å². The van der Waals surface area contributed by atoms with Crippen molar-refractivity contribution in [2.45, 2.75) is 78.7 Å². The molecule has 4 aliphatic rings. The van der Waals surface area contributed by atoms with Crippen molar-refractivity contribution in [3.8, 4) is 5.75 Å². The van der Waals surface area contributed by atoms with Crippen molar-refractivity contribution in [3.05, 3.63) is 52.0 Å². The summed E-state index contributed by atoms with van der Waals surface area (Å²) in [6.07, 6.45) is 3.43. The zero-order valence-electron chi connectivity index (χ0n) is 18.6. The molecule has 158 valence electrons. The summed E-state index contributed by atoms with van der Waals surface area (Å²) in [7, 11) is 0. The lowest BCUT2D eigenvalue weighted by molar-refractivity contribution is -0.120. The van der Waals surface area contributed by atoms with E-state index in [1.54, 1.807) is 0 Å². The van der Waals surface area contributed by atoms with E-state index in [2.05, 4.69) is 40.7 Å². The molecule has 2 aliphatic heterocycles. The molecule has 0 aromatic heterocycles. The topological polar surface area (TPSA) is 52.6 Å². The fourth-order valence-electron chi connectivity index (χ4n) is 5.63. The third kappa shape index (κ3) is 3.12. The summed E-state index contributed by atoms with van der Waals surface area (Å²) in [6.45, 7) is 10.5. The first-order valence-electron chi connectivity index (χ1n) is 11.0. The van der Waals surface area contributed by atoms with Gasteiger partial charge < -0.3 is 9.47 Å². The van der Waals surface area contributed by atoms with Gasteiger partial charge in [0.05, 0.1) is 0 Å². The minimum atomic E-state index is -0.322. The molecule has 1 aromatic rings. The average Bonchev–Trinajstić information content (AvgIpc) is 2.96. The fraction of sp³-hybridized carbons (Fsp3) is 0.538. The van der Waals surface area contributed by atoms with Crippen LogP contribution in [0.25, 0.3) is 0 Å². The zero-order valence-corrected chi connectivity index (χ0v) is 18.6. The summed E-state index contributed by atoms with van der Waals surface area (Å²) in [5.41, 5.74) is 3.31. The number of benzene rings is 1. The van der Waals surface area contributed by atoms with Crippen molar-refractivity contribution in [1.29, 1.82) is 0 Å². The highest BCUT2D eigenvalue weighted by Gasteiger charge is 2.47. The molecular formula is C26H30O4. The minimum absolute atomic E-state index is 0.112. The minimum Gasteiger partial charge on any atom is -0.490 e. The summed E-state index contributed by atoms with van der Waals surface area (Å²) in [5, 5.41) is 0. The molecule has 4 nitrogen and oxygen atoms in total. The first-order valence-corrected chi connectivity index (χ1v) is 11.0. The monoisotopic (exact) mass is 406 g/mol. The Labute approximate surface area is 178 Å². The SMILES string of the molecule is C[C@@H]1Cc2cc(C3C4=C(CC(C)(C)CC4=O)OC4=C3C(=O)CC(C)(C)C4)ccc2O1. The molecule has 0 radical (unpaired) electrons. The van der Waals surface area contributed by atoms with Gasteiger partial charge in [-0.25, -0.2) is 0 Å². The van der Waals surface area contributed by atoms with E-state index in [4.69, 9.17) is 9.47 Å². The Morgan fingerprint density at radius 1 is 0.867 bits per heavy atom. The molecule has 0 fully saturated rings. The third-order valence-electron chi connectivity index (χ3n) is 6.84. The Kier molecular flexibility index (Phi) is 4.13. The van der Waals surface area contributed by atoms with E-state index < -0.39 is 0 Å². The number of carbonyl (C=O) groups is 2. The summed E-state index contributed by atoms with van der Waals surface area (Å²) < 4.78 is 12.2. The normalized spacial score (nSPS) is 27.3. The number of ether oxygens (including phenoxy) is 2. The van der Waals surface area contributed by atoms with E-state index in [1.165, 1.54) is 0 Å². The van der Waals surface area contributed by atoms with Gasteiger partial charge in [0, 0.05) is 49.2 Å². The van der Waals surface area contributed by atoms with Crippen molar-refractivity contribution < 1.29 is 19.1 Å². The standard InChI is InChI=1S/C26H30O4/c1-14-8-16-9-15(6-7-19(16)29-14)22-23-17(27)10-25(2,3)12-20(23)30-21-13-26(4,5)11-18(28)24(21)22/h6-7,9,14,22H,8,10-13H2,1-5H3/t14-/m1/s1. The Morgan fingerprint density at radius 3 is 2.00 bits per heavy atom. The number of Topliss-reactive ketones (excluding diaryl/α,β-unsaturated/α-hetero) is 2. The van der Waals surface area contributed by atoms with E-state index in [9.17, 15) is 9.59 Å². The number of fused-ring (bicyclic) bond motifs is 1. The van der Waals surface area contributed by atoms with Crippen LogP contribution in [0.4, 0.5) is 0 Å². The van der Waals surface area contributed by atoms with Gasteiger partial charge in [0.15, 0.2) is 11.6 Å². The lowest BCUT2D eigenvalue weighted by Gasteiger charge is -2.42. The predicted molar refractivity (Wildman–Crippen MR) is 114 cm³/mol. The van der Waals surface area contributed by atoms with Crippen molar-refractivity contribution in [1.82, 2.24) is 0 Å². The molecule has 1 atom stereocenters. The lowest BCUT2D eigenvalue weighted by atomic mass is 9.65. The Morgan fingerprint density at radius 2 is 1.43 bits per heavy atom. The van der Waals surface area contributed by atoms with Crippen molar-refractivity contribution in [2.24, 2.45) is 10.8 Å². The van der Waals surface area contributed by atoms with Crippen LogP contribution in [0, 0.1) is 10.8 Å². The summed E-state index contributed by atoms with van der Waals surface area (Å²) >= 11 is 0. The van der Waals surface area contributed by atoms with E-state index >= 15 is 0 Å². The second-order valence-corrected chi connectivity index (χ2v) is 11.1. The number of rotatable bonds is 1. The van der Waals surface area contributed by atoms with Crippen LogP contribution in [0.2, 0.25) is 0 Å². The molecule has 0 N–H and O–H groups in total. The Balaban J connectivity index is 1.68. The van der Waals surface area contributed by atoms with Crippen LogP contribution in [0.1, 0.15) is 77.3 Å². The van der Waals surface area contributed by atoms with Gasteiger partial charge in [-0.15, -0.1) is 0 Å². The zero-order chi connectivity index (χ0) is 21.4. The summed E-state index contributed by atoms with van der Waals surface area (Å²) in [6, 6.07) is 6.17. The quantitative estimate of drug-likeness (QED) is 0.626. The van der Waals surface area contributed by atoms with E-state index in [0.717, 1.165) is 47.7 Å². The maximum atomic E-state index is 13.3. The molecule has 0 amide bonds. The maximum Gasteiger partial charge on any atom is 0.163 e. The number of hydrogen-bond acceptors (Lipinski definition) is 4. The molecule has 5 rings (SSSR count). The highest BCUT2D eigenvalue weighted by molar-refractivity contribution is 6.06. The fourth-order valence-corrected chi connectivity index (χ4v) is 5.63. The van der Waals surface area contributed by atoms with Gasteiger partial charge in [0.1, 0.15) is 23.4 Å². The Hall–Kier alpha value is -2.36. The van der Waals surface area contributed by atoms with Gasteiger partial charge >= 0.3 is 0 Å². The van der Waals surface area contributed by atoms with Gasteiger partial charge in [-0.05, 0) is 34.9 Å². The largest absolute Gasteiger partial charge is 0.490 e. The number of hydrogen-bond donors (Lipinski definition) is 0. The second-order valence-electron chi connectivity index (χ2n) is 11.1. The lowest BCUT2D eigenvalue weighted by Crippen LogP contribution is -2.37. The first kappa shape index (κ1) is 19.6. The van der Waals surface area contributed by atoms with Crippen LogP contribution in [0.15, 0.2) is 40.9 Å². The van der Waals surface area contributed by atoms with Crippen molar-refractivity contribution in [3.63, 3.8) is 0 Å². The van der Waals surface area contributed by atoms with E-state index in [0.29, 0.717) is 24.0 Å². The maximum absolute atomic E-state index is 13.3. The molecule has 0 spiro atoms. The molecule has 2 heterocycles. The van der Waals surface area contributed by atoms with Crippen LogP contribution in [0.3, 0.4) is 0 Å². The average molecular weight is 407 g/mol. The number of allylic oxidation sites excluding steroid dienone is 4.